The second-order valence-corrected chi connectivity index (χ2v) is 6.38. The number of rotatable bonds is 6. The van der Waals surface area contributed by atoms with Gasteiger partial charge in [0.25, 0.3) is 5.91 Å². The molecule has 0 aliphatic heterocycles. The molecule has 27 heavy (non-hydrogen) atoms. The molecule has 0 aliphatic carbocycles. The summed E-state index contributed by atoms with van der Waals surface area (Å²) in [6, 6.07) is 15.7. The maximum absolute atomic E-state index is 12.8. The second-order valence-electron chi connectivity index (χ2n) is 5.47. The van der Waals surface area contributed by atoms with Crippen LogP contribution in [0.15, 0.2) is 65.3 Å². The summed E-state index contributed by atoms with van der Waals surface area (Å²) in [5, 5.41) is 2.82. The lowest BCUT2D eigenvalue weighted by atomic mass is 10.2. The Labute approximate surface area is 165 Å². The van der Waals surface area contributed by atoms with Gasteiger partial charge in [0.05, 0.1) is 14.2 Å². The van der Waals surface area contributed by atoms with E-state index in [0.29, 0.717) is 28.5 Å². The number of halogens is 1. The molecule has 0 aliphatic rings. The van der Waals surface area contributed by atoms with Crippen LogP contribution in [-0.4, -0.2) is 25.1 Å². The molecule has 0 radical (unpaired) electrons. The van der Waals surface area contributed by atoms with Crippen LogP contribution in [0.2, 0.25) is 0 Å². The fraction of sp³-hybridized carbons (Fsp3) is 0.100. The van der Waals surface area contributed by atoms with Crippen LogP contribution in [0.25, 0.3) is 0 Å². The summed E-state index contributed by atoms with van der Waals surface area (Å²) in [4.78, 5) is 16.9. The normalized spacial score (nSPS) is 10.2. The number of anilines is 1. The first-order chi connectivity index (χ1) is 13.1. The molecule has 0 saturated carbocycles. The maximum Gasteiger partial charge on any atom is 0.261 e. The molecular formula is C20H17BrN2O4. The van der Waals surface area contributed by atoms with Crippen molar-refractivity contribution in [1.29, 1.82) is 0 Å². The summed E-state index contributed by atoms with van der Waals surface area (Å²) >= 11 is 3.37. The van der Waals surface area contributed by atoms with Gasteiger partial charge in [-0.3, -0.25) is 4.79 Å². The zero-order valence-corrected chi connectivity index (χ0v) is 16.3. The van der Waals surface area contributed by atoms with Crippen molar-refractivity contribution in [2.24, 2.45) is 0 Å². The average molecular weight is 429 g/mol. The van der Waals surface area contributed by atoms with Crippen molar-refractivity contribution in [2.45, 2.75) is 0 Å². The van der Waals surface area contributed by atoms with Gasteiger partial charge in [0.2, 0.25) is 5.88 Å². The minimum Gasteiger partial charge on any atom is -0.497 e. The van der Waals surface area contributed by atoms with Gasteiger partial charge in [-0.1, -0.05) is 15.9 Å². The fourth-order valence-corrected chi connectivity index (χ4v) is 2.60. The van der Waals surface area contributed by atoms with Gasteiger partial charge in [-0.25, -0.2) is 4.98 Å². The molecule has 1 N–H and O–H groups in total. The molecule has 1 aromatic heterocycles. The van der Waals surface area contributed by atoms with E-state index in [4.69, 9.17) is 14.2 Å². The van der Waals surface area contributed by atoms with E-state index in [0.717, 1.165) is 4.47 Å². The van der Waals surface area contributed by atoms with Crippen molar-refractivity contribution in [3.63, 3.8) is 0 Å². The third-order valence-corrected chi connectivity index (χ3v) is 4.18. The van der Waals surface area contributed by atoms with Gasteiger partial charge in [-0.15, -0.1) is 0 Å². The monoisotopic (exact) mass is 428 g/mol. The molecule has 0 bridgehead atoms. The van der Waals surface area contributed by atoms with Crippen LogP contribution >= 0.6 is 15.9 Å². The molecule has 1 amide bonds. The largest absolute Gasteiger partial charge is 0.497 e. The number of ether oxygens (including phenoxy) is 3. The van der Waals surface area contributed by atoms with Crippen LogP contribution in [-0.2, 0) is 0 Å². The number of hydrogen-bond acceptors (Lipinski definition) is 5. The van der Waals surface area contributed by atoms with Crippen molar-refractivity contribution in [1.82, 2.24) is 4.98 Å². The van der Waals surface area contributed by atoms with Crippen LogP contribution < -0.4 is 19.5 Å². The van der Waals surface area contributed by atoms with Gasteiger partial charge >= 0.3 is 0 Å². The van der Waals surface area contributed by atoms with E-state index in [1.165, 1.54) is 0 Å². The van der Waals surface area contributed by atoms with Crippen molar-refractivity contribution >= 4 is 27.5 Å². The highest BCUT2D eigenvalue weighted by molar-refractivity contribution is 9.10. The molecule has 0 fully saturated rings. The van der Waals surface area contributed by atoms with Crippen LogP contribution in [0.4, 0.5) is 5.69 Å². The number of benzene rings is 2. The van der Waals surface area contributed by atoms with Crippen LogP contribution in [0.5, 0.6) is 23.1 Å². The first-order valence-electron chi connectivity index (χ1n) is 8.02. The third-order valence-electron chi connectivity index (χ3n) is 3.65. The maximum atomic E-state index is 12.8. The number of hydrogen-bond donors (Lipinski definition) is 1. The Kier molecular flexibility index (Phi) is 5.93. The smallest absolute Gasteiger partial charge is 0.261 e. The first-order valence-corrected chi connectivity index (χ1v) is 8.81. The average Bonchev–Trinajstić information content (AvgIpc) is 2.69. The fourth-order valence-electron chi connectivity index (χ4n) is 2.34. The summed E-state index contributed by atoms with van der Waals surface area (Å²) < 4.78 is 17.2. The number of aromatic nitrogens is 1. The Morgan fingerprint density at radius 1 is 0.963 bits per heavy atom. The number of amides is 1. The molecule has 3 aromatic rings. The van der Waals surface area contributed by atoms with Crippen LogP contribution in [0.1, 0.15) is 10.4 Å². The molecule has 0 unspecified atom stereocenters. The van der Waals surface area contributed by atoms with Crippen molar-refractivity contribution in [2.75, 3.05) is 19.5 Å². The number of methoxy groups -OCH3 is 2. The van der Waals surface area contributed by atoms with Gasteiger partial charge in [0, 0.05) is 34.6 Å². The SMILES string of the molecule is COc1cc(NC(=O)c2cccnc2Oc2ccc(Br)cc2)cc(OC)c1. The van der Waals surface area contributed by atoms with E-state index < -0.39 is 0 Å². The van der Waals surface area contributed by atoms with E-state index in [2.05, 4.69) is 26.2 Å². The Morgan fingerprint density at radius 3 is 2.26 bits per heavy atom. The highest BCUT2D eigenvalue weighted by Crippen LogP contribution is 2.28. The number of carbonyl (C=O) groups is 1. The summed E-state index contributed by atoms with van der Waals surface area (Å²) in [5.41, 5.74) is 0.844. The highest BCUT2D eigenvalue weighted by Gasteiger charge is 2.15. The van der Waals surface area contributed by atoms with Gasteiger partial charge in [-0.05, 0) is 36.4 Å². The number of nitrogens with one attached hydrogen (secondary N) is 1. The van der Waals surface area contributed by atoms with Crippen molar-refractivity contribution in [3.05, 3.63) is 70.8 Å². The third kappa shape index (κ3) is 4.77. The number of carbonyl (C=O) groups excluding carboxylic acids is 1. The van der Waals surface area contributed by atoms with E-state index >= 15 is 0 Å². The molecule has 2 aromatic carbocycles. The minimum absolute atomic E-state index is 0.215. The number of pyridine rings is 1. The van der Waals surface area contributed by atoms with E-state index in [1.54, 1.807) is 62.9 Å². The Bertz CT molecular complexity index is 923. The Morgan fingerprint density at radius 2 is 1.63 bits per heavy atom. The molecule has 138 valence electrons. The van der Waals surface area contributed by atoms with Gasteiger partial charge < -0.3 is 19.5 Å². The lowest BCUT2D eigenvalue weighted by Crippen LogP contribution is -2.13. The summed E-state index contributed by atoms with van der Waals surface area (Å²) in [6.45, 7) is 0. The zero-order valence-electron chi connectivity index (χ0n) is 14.7. The Hall–Kier alpha value is -3.06. The zero-order chi connectivity index (χ0) is 19.2. The van der Waals surface area contributed by atoms with Gasteiger partial charge in [0.1, 0.15) is 22.8 Å². The Balaban J connectivity index is 1.84. The quantitative estimate of drug-likeness (QED) is 0.603. The predicted molar refractivity (Wildman–Crippen MR) is 106 cm³/mol. The van der Waals surface area contributed by atoms with Crippen molar-refractivity contribution in [3.8, 4) is 23.1 Å². The standard InChI is InChI=1S/C20H17BrN2O4/c1-25-16-10-14(11-17(12-16)26-2)23-19(24)18-4-3-9-22-20(18)27-15-7-5-13(21)6-8-15/h3-12H,1-2H3,(H,23,24). The molecule has 0 atom stereocenters. The second kappa shape index (κ2) is 8.55. The molecule has 0 spiro atoms. The van der Waals surface area contributed by atoms with E-state index in [1.807, 2.05) is 12.1 Å². The first kappa shape index (κ1) is 18.7. The topological polar surface area (TPSA) is 69.7 Å². The predicted octanol–water partition coefficient (Wildman–Crippen LogP) is 4.91. The lowest BCUT2D eigenvalue weighted by Gasteiger charge is -2.12. The molecule has 6 nitrogen and oxygen atoms in total. The molecular weight excluding hydrogens is 412 g/mol. The molecule has 7 heteroatoms. The van der Waals surface area contributed by atoms with Crippen LogP contribution in [0.3, 0.4) is 0 Å². The van der Waals surface area contributed by atoms with Gasteiger partial charge in [-0.2, -0.15) is 0 Å². The van der Waals surface area contributed by atoms with E-state index in [-0.39, 0.29) is 11.8 Å². The van der Waals surface area contributed by atoms with Crippen molar-refractivity contribution < 1.29 is 19.0 Å². The summed E-state index contributed by atoms with van der Waals surface area (Å²) in [7, 11) is 3.09. The molecule has 1 heterocycles. The minimum atomic E-state index is -0.356. The lowest BCUT2D eigenvalue weighted by molar-refractivity contribution is 0.102. The number of nitrogens with zero attached hydrogens (tertiary/aromatic N) is 1. The van der Waals surface area contributed by atoms with E-state index in [9.17, 15) is 4.79 Å². The molecule has 0 saturated heterocycles. The summed E-state index contributed by atoms with van der Waals surface area (Å²) in [6.07, 6.45) is 1.57. The van der Waals surface area contributed by atoms with Gasteiger partial charge in [0.15, 0.2) is 0 Å². The van der Waals surface area contributed by atoms with Crippen LogP contribution in [0, 0.1) is 0 Å². The highest BCUT2D eigenvalue weighted by atomic mass is 79.9. The molecule has 3 rings (SSSR count). The summed E-state index contributed by atoms with van der Waals surface area (Å²) in [5.74, 6) is 1.58.